The maximum absolute atomic E-state index is 11.6. The number of amides is 2. The molecule has 1 N–H and O–H groups in total. The summed E-state index contributed by atoms with van der Waals surface area (Å²) in [5, 5.41) is 3.15. The molecule has 0 aromatic rings. The molecule has 1 unspecified atom stereocenters. The van der Waals surface area contributed by atoms with Crippen LogP contribution in [0.25, 0.3) is 0 Å². The lowest BCUT2D eigenvalue weighted by Crippen LogP contribution is -2.38. The minimum Gasteiger partial charge on any atom is -0.305 e. The molecule has 1 fully saturated rings. The maximum atomic E-state index is 11.6. The Hall–Kier alpha value is -0.940. The van der Waals surface area contributed by atoms with E-state index in [1.54, 1.807) is 7.05 Å². The van der Waals surface area contributed by atoms with E-state index < -0.39 is 0 Å². The van der Waals surface area contributed by atoms with Gasteiger partial charge >= 0.3 is 0 Å². The van der Waals surface area contributed by atoms with Crippen LogP contribution in [0, 0.1) is 0 Å². The van der Waals surface area contributed by atoms with Crippen LogP contribution in [-0.2, 0) is 9.59 Å². The quantitative estimate of drug-likeness (QED) is 0.528. The van der Waals surface area contributed by atoms with Gasteiger partial charge in [-0.25, -0.2) is 0 Å². The summed E-state index contributed by atoms with van der Waals surface area (Å²) >= 11 is 0. The van der Waals surface area contributed by atoms with Gasteiger partial charge in [0.2, 0.25) is 11.8 Å². The zero-order valence-corrected chi connectivity index (χ0v) is 11.2. The number of nitrogens with one attached hydrogen (secondary N) is 1. The Morgan fingerprint density at radius 1 is 1.47 bits per heavy atom. The van der Waals surface area contributed by atoms with Crippen LogP contribution in [0.1, 0.15) is 26.7 Å². The number of imide groups is 1. The number of likely N-dealkylation sites (tertiary alicyclic amines) is 1. The summed E-state index contributed by atoms with van der Waals surface area (Å²) in [4.78, 5) is 26.3. The van der Waals surface area contributed by atoms with E-state index in [2.05, 4.69) is 31.1 Å². The molecule has 1 atom stereocenters. The zero-order valence-electron chi connectivity index (χ0n) is 11.2. The van der Waals surface area contributed by atoms with Crippen LogP contribution >= 0.6 is 0 Å². The topological polar surface area (TPSA) is 52.7 Å². The largest absolute Gasteiger partial charge is 0.305 e. The standard InChI is InChI=1S/C12H23N3O2/c1-9(2)14(3)7-5-6-13-10-8-11(16)15(4)12(10)17/h9-10,13H,5-8H2,1-4H3. The van der Waals surface area contributed by atoms with Crippen molar-refractivity contribution in [3.8, 4) is 0 Å². The summed E-state index contributed by atoms with van der Waals surface area (Å²) in [6.45, 7) is 6.08. The Kier molecular flexibility index (Phi) is 5.08. The Labute approximate surface area is 103 Å². The van der Waals surface area contributed by atoms with Crippen LogP contribution in [-0.4, -0.2) is 60.9 Å². The molecule has 0 saturated carbocycles. The van der Waals surface area contributed by atoms with Crippen molar-refractivity contribution in [2.24, 2.45) is 0 Å². The maximum Gasteiger partial charge on any atom is 0.246 e. The lowest BCUT2D eigenvalue weighted by Gasteiger charge is -2.21. The molecule has 0 radical (unpaired) electrons. The number of rotatable bonds is 6. The first-order valence-corrected chi connectivity index (χ1v) is 6.17. The molecule has 1 heterocycles. The van der Waals surface area contributed by atoms with Crippen LogP contribution in [0.3, 0.4) is 0 Å². The predicted molar refractivity (Wildman–Crippen MR) is 66.6 cm³/mol. The van der Waals surface area contributed by atoms with Crippen molar-refractivity contribution in [1.29, 1.82) is 0 Å². The highest BCUT2D eigenvalue weighted by atomic mass is 16.2. The summed E-state index contributed by atoms with van der Waals surface area (Å²) in [5.41, 5.74) is 0. The predicted octanol–water partition coefficient (Wildman–Crippen LogP) is 0.0636. The molecule has 1 rings (SSSR count). The van der Waals surface area contributed by atoms with E-state index in [4.69, 9.17) is 0 Å². The molecule has 2 amide bonds. The molecule has 1 aliphatic heterocycles. The van der Waals surface area contributed by atoms with Crippen molar-refractivity contribution in [2.75, 3.05) is 27.2 Å². The minimum absolute atomic E-state index is 0.0909. The molecule has 98 valence electrons. The van der Waals surface area contributed by atoms with Gasteiger partial charge < -0.3 is 10.2 Å². The van der Waals surface area contributed by atoms with E-state index in [0.29, 0.717) is 12.5 Å². The zero-order chi connectivity index (χ0) is 13.0. The number of likely N-dealkylation sites (N-methyl/N-ethyl adjacent to an activating group) is 1. The fraction of sp³-hybridized carbons (Fsp3) is 0.833. The minimum atomic E-state index is -0.308. The number of hydrogen-bond donors (Lipinski definition) is 1. The number of carbonyl (C=O) groups excluding carboxylic acids is 2. The first-order chi connectivity index (χ1) is 7.93. The highest BCUT2D eigenvalue weighted by Crippen LogP contribution is 2.10. The first-order valence-electron chi connectivity index (χ1n) is 6.17. The first kappa shape index (κ1) is 14.1. The van der Waals surface area contributed by atoms with Gasteiger partial charge in [0.05, 0.1) is 12.5 Å². The third-order valence-electron chi connectivity index (χ3n) is 3.34. The molecule has 0 aromatic carbocycles. The van der Waals surface area contributed by atoms with Gasteiger partial charge in [0.15, 0.2) is 0 Å². The molecule has 0 spiro atoms. The molecule has 5 heteroatoms. The van der Waals surface area contributed by atoms with Crippen LogP contribution in [0.4, 0.5) is 0 Å². The Balaban J connectivity index is 2.20. The van der Waals surface area contributed by atoms with E-state index in [1.165, 1.54) is 4.90 Å². The average molecular weight is 241 g/mol. The molecule has 0 aromatic heterocycles. The highest BCUT2D eigenvalue weighted by molar-refractivity contribution is 6.05. The molecule has 0 aliphatic carbocycles. The number of carbonyl (C=O) groups is 2. The second kappa shape index (κ2) is 6.12. The van der Waals surface area contributed by atoms with E-state index in [9.17, 15) is 9.59 Å². The lowest BCUT2D eigenvalue weighted by atomic mass is 10.2. The normalized spacial score (nSPS) is 21.1. The monoisotopic (exact) mass is 241 g/mol. The van der Waals surface area contributed by atoms with Crippen molar-refractivity contribution >= 4 is 11.8 Å². The lowest BCUT2D eigenvalue weighted by molar-refractivity contribution is -0.137. The van der Waals surface area contributed by atoms with Crippen molar-refractivity contribution < 1.29 is 9.59 Å². The molecular formula is C12H23N3O2. The molecule has 5 nitrogen and oxygen atoms in total. The van der Waals surface area contributed by atoms with E-state index in [1.807, 2.05) is 0 Å². The van der Waals surface area contributed by atoms with Crippen molar-refractivity contribution in [2.45, 2.75) is 38.8 Å². The van der Waals surface area contributed by atoms with Crippen LogP contribution in [0.15, 0.2) is 0 Å². The number of nitrogens with zero attached hydrogens (tertiary/aromatic N) is 2. The van der Waals surface area contributed by atoms with Gasteiger partial charge in [-0.2, -0.15) is 0 Å². The van der Waals surface area contributed by atoms with Crippen LogP contribution in [0.2, 0.25) is 0 Å². The smallest absolute Gasteiger partial charge is 0.246 e. The van der Waals surface area contributed by atoms with Gasteiger partial charge in [0.1, 0.15) is 0 Å². The SMILES string of the molecule is CC(C)N(C)CCCNC1CC(=O)N(C)C1=O. The number of hydrogen-bond acceptors (Lipinski definition) is 4. The Morgan fingerprint density at radius 3 is 2.59 bits per heavy atom. The second-order valence-electron chi connectivity index (χ2n) is 4.93. The van der Waals surface area contributed by atoms with E-state index in [-0.39, 0.29) is 17.9 Å². The summed E-state index contributed by atoms with van der Waals surface area (Å²) in [7, 11) is 3.63. The van der Waals surface area contributed by atoms with Gasteiger partial charge in [-0.15, -0.1) is 0 Å². The van der Waals surface area contributed by atoms with E-state index >= 15 is 0 Å². The highest BCUT2D eigenvalue weighted by Gasteiger charge is 2.35. The van der Waals surface area contributed by atoms with Crippen molar-refractivity contribution in [3.05, 3.63) is 0 Å². The fourth-order valence-electron chi connectivity index (χ4n) is 1.78. The van der Waals surface area contributed by atoms with Crippen molar-refractivity contribution in [1.82, 2.24) is 15.1 Å². The summed E-state index contributed by atoms with van der Waals surface area (Å²) in [6.07, 6.45) is 1.28. The van der Waals surface area contributed by atoms with Gasteiger partial charge in [0, 0.05) is 13.1 Å². The van der Waals surface area contributed by atoms with Crippen LogP contribution in [0.5, 0.6) is 0 Å². The Bertz CT molecular complexity index is 291. The summed E-state index contributed by atoms with van der Waals surface area (Å²) < 4.78 is 0. The fourth-order valence-corrected chi connectivity index (χ4v) is 1.78. The van der Waals surface area contributed by atoms with Gasteiger partial charge in [-0.3, -0.25) is 14.5 Å². The van der Waals surface area contributed by atoms with Gasteiger partial charge in [0.25, 0.3) is 0 Å². The van der Waals surface area contributed by atoms with Crippen LogP contribution < -0.4 is 5.32 Å². The summed E-state index contributed by atoms with van der Waals surface area (Å²) in [5.74, 6) is -0.195. The molecule has 1 aliphatic rings. The van der Waals surface area contributed by atoms with Gasteiger partial charge in [-0.05, 0) is 40.4 Å². The third kappa shape index (κ3) is 3.78. The Morgan fingerprint density at radius 2 is 2.12 bits per heavy atom. The third-order valence-corrected chi connectivity index (χ3v) is 3.34. The second-order valence-corrected chi connectivity index (χ2v) is 4.93. The molecular weight excluding hydrogens is 218 g/mol. The summed E-state index contributed by atoms with van der Waals surface area (Å²) in [6, 6.07) is 0.229. The van der Waals surface area contributed by atoms with E-state index in [0.717, 1.165) is 19.5 Å². The molecule has 1 saturated heterocycles. The average Bonchev–Trinajstić information content (AvgIpc) is 2.52. The van der Waals surface area contributed by atoms with Crippen molar-refractivity contribution in [3.63, 3.8) is 0 Å². The molecule has 17 heavy (non-hydrogen) atoms. The van der Waals surface area contributed by atoms with Gasteiger partial charge in [-0.1, -0.05) is 0 Å². The molecule has 0 bridgehead atoms.